The Hall–Kier alpha value is -0.860. The van der Waals surface area contributed by atoms with Gasteiger partial charge in [0, 0.05) is 11.8 Å². The number of aromatic nitrogens is 1. The summed E-state index contributed by atoms with van der Waals surface area (Å²) in [6.07, 6.45) is 1.77. The van der Waals surface area contributed by atoms with Gasteiger partial charge in [0.1, 0.15) is 4.60 Å². The monoisotopic (exact) mass is 267 g/mol. The van der Waals surface area contributed by atoms with Crippen molar-refractivity contribution in [3.8, 4) is 11.1 Å². The van der Waals surface area contributed by atoms with Crippen molar-refractivity contribution in [3.05, 3.63) is 52.2 Å². The van der Waals surface area contributed by atoms with Gasteiger partial charge in [0.05, 0.1) is 5.02 Å². The number of hydrogen-bond donors (Lipinski definition) is 0. The number of benzene rings is 1. The van der Waals surface area contributed by atoms with E-state index in [0.717, 1.165) is 15.7 Å². The molecule has 1 aromatic heterocycles. The Bertz CT molecular complexity index is 442. The summed E-state index contributed by atoms with van der Waals surface area (Å²) in [4.78, 5) is 4.15. The summed E-state index contributed by atoms with van der Waals surface area (Å²) in [5, 5.41) is 0.707. The van der Waals surface area contributed by atoms with E-state index < -0.39 is 0 Å². The summed E-state index contributed by atoms with van der Waals surface area (Å²) in [7, 11) is 0. The Morgan fingerprint density at radius 2 is 1.86 bits per heavy atom. The van der Waals surface area contributed by atoms with E-state index in [4.69, 9.17) is 11.6 Å². The van der Waals surface area contributed by atoms with Gasteiger partial charge in [0.25, 0.3) is 0 Å². The number of nitrogens with zero attached hydrogens (tertiary/aromatic N) is 1. The van der Waals surface area contributed by atoms with Gasteiger partial charge in [-0.1, -0.05) is 41.9 Å². The number of rotatable bonds is 1. The summed E-state index contributed by atoms with van der Waals surface area (Å²) >= 11 is 9.37. The highest BCUT2D eigenvalue weighted by atomic mass is 79.9. The van der Waals surface area contributed by atoms with E-state index in [2.05, 4.69) is 20.9 Å². The Kier molecular flexibility index (Phi) is 2.85. The van der Waals surface area contributed by atoms with Crippen LogP contribution in [0.2, 0.25) is 5.02 Å². The van der Waals surface area contributed by atoms with Gasteiger partial charge >= 0.3 is 0 Å². The molecule has 0 spiro atoms. The normalized spacial score (nSPS) is 10.1. The third kappa shape index (κ3) is 1.97. The molecule has 70 valence electrons. The Morgan fingerprint density at radius 3 is 2.50 bits per heavy atom. The van der Waals surface area contributed by atoms with E-state index in [1.165, 1.54) is 0 Å². The maximum absolute atomic E-state index is 6.09. The maximum atomic E-state index is 6.09. The molecule has 0 unspecified atom stereocenters. The van der Waals surface area contributed by atoms with Crippen molar-refractivity contribution >= 4 is 27.5 Å². The van der Waals surface area contributed by atoms with Crippen LogP contribution in [0.15, 0.2) is 47.2 Å². The van der Waals surface area contributed by atoms with Crippen LogP contribution in [0.5, 0.6) is 0 Å². The molecule has 1 aromatic carbocycles. The van der Waals surface area contributed by atoms with Crippen molar-refractivity contribution in [1.29, 1.82) is 0 Å². The average molecular weight is 269 g/mol. The molecule has 0 aliphatic heterocycles. The molecule has 0 bridgehead atoms. The third-order valence-corrected chi connectivity index (χ3v) is 2.65. The smallest absolute Gasteiger partial charge is 0.107 e. The van der Waals surface area contributed by atoms with E-state index in [1.54, 1.807) is 12.3 Å². The van der Waals surface area contributed by atoms with Gasteiger partial charge in [0.2, 0.25) is 0 Å². The van der Waals surface area contributed by atoms with Crippen LogP contribution in [0, 0.1) is 0 Å². The molecule has 14 heavy (non-hydrogen) atoms. The second-order valence-corrected chi connectivity index (χ2v) is 4.07. The van der Waals surface area contributed by atoms with Gasteiger partial charge in [-0.15, -0.1) is 0 Å². The molecule has 2 aromatic rings. The lowest BCUT2D eigenvalue weighted by Crippen LogP contribution is -1.82. The summed E-state index contributed by atoms with van der Waals surface area (Å²) in [6, 6.07) is 11.8. The van der Waals surface area contributed by atoms with Gasteiger partial charge in [-0.05, 0) is 27.6 Å². The van der Waals surface area contributed by atoms with E-state index in [-0.39, 0.29) is 0 Å². The molecule has 0 radical (unpaired) electrons. The van der Waals surface area contributed by atoms with Crippen LogP contribution >= 0.6 is 27.5 Å². The molecule has 0 aliphatic rings. The minimum absolute atomic E-state index is 0.707. The first-order chi connectivity index (χ1) is 6.77. The fourth-order valence-corrected chi connectivity index (χ4v) is 1.96. The predicted octanol–water partition coefficient (Wildman–Crippen LogP) is 4.16. The van der Waals surface area contributed by atoms with E-state index >= 15 is 0 Å². The first kappa shape index (κ1) is 9.69. The van der Waals surface area contributed by atoms with Crippen LogP contribution in [0.3, 0.4) is 0 Å². The second kappa shape index (κ2) is 4.11. The zero-order valence-electron chi connectivity index (χ0n) is 7.24. The van der Waals surface area contributed by atoms with E-state index in [0.29, 0.717) is 5.02 Å². The SMILES string of the molecule is Clc1cc(Br)ncc1-c1ccccc1. The lowest BCUT2D eigenvalue weighted by Gasteiger charge is -2.03. The minimum Gasteiger partial charge on any atom is -0.249 e. The lowest BCUT2D eigenvalue weighted by atomic mass is 10.1. The molecule has 0 fully saturated rings. The van der Waals surface area contributed by atoms with Crippen molar-refractivity contribution < 1.29 is 0 Å². The Morgan fingerprint density at radius 1 is 1.14 bits per heavy atom. The van der Waals surface area contributed by atoms with Crippen molar-refractivity contribution in [2.45, 2.75) is 0 Å². The van der Waals surface area contributed by atoms with Gasteiger partial charge in [0.15, 0.2) is 0 Å². The zero-order valence-corrected chi connectivity index (χ0v) is 9.59. The molecule has 3 heteroatoms. The van der Waals surface area contributed by atoms with Gasteiger partial charge in [-0.25, -0.2) is 4.98 Å². The molecular formula is C11H7BrClN. The van der Waals surface area contributed by atoms with Crippen molar-refractivity contribution in [1.82, 2.24) is 4.98 Å². The highest BCUT2D eigenvalue weighted by molar-refractivity contribution is 9.10. The molecule has 1 nitrogen and oxygen atoms in total. The van der Waals surface area contributed by atoms with Crippen LogP contribution in [-0.2, 0) is 0 Å². The molecule has 0 N–H and O–H groups in total. The fraction of sp³-hybridized carbons (Fsp3) is 0. The first-order valence-electron chi connectivity index (χ1n) is 4.14. The molecule has 0 saturated heterocycles. The van der Waals surface area contributed by atoms with E-state index in [9.17, 15) is 0 Å². The molecule has 0 aliphatic carbocycles. The fourth-order valence-electron chi connectivity index (χ4n) is 1.24. The summed E-state index contributed by atoms with van der Waals surface area (Å²) in [5.41, 5.74) is 2.04. The average Bonchev–Trinajstić information content (AvgIpc) is 2.19. The molecule has 1 heterocycles. The molecule has 0 atom stereocenters. The van der Waals surface area contributed by atoms with E-state index in [1.807, 2.05) is 30.3 Å². The zero-order chi connectivity index (χ0) is 9.97. The topological polar surface area (TPSA) is 12.9 Å². The summed E-state index contributed by atoms with van der Waals surface area (Å²) in [5.74, 6) is 0. The van der Waals surface area contributed by atoms with Gasteiger partial charge < -0.3 is 0 Å². The van der Waals surface area contributed by atoms with Crippen LogP contribution in [0.25, 0.3) is 11.1 Å². The van der Waals surface area contributed by atoms with Gasteiger partial charge in [-0.2, -0.15) is 0 Å². The minimum atomic E-state index is 0.707. The van der Waals surface area contributed by atoms with Crippen LogP contribution < -0.4 is 0 Å². The Balaban J connectivity index is 2.53. The molecule has 0 saturated carbocycles. The Labute approximate surface area is 95.9 Å². The van der Waals surface area contributed by atoms with Crippen LogP contribution in [0.1, 0.15) is 0 Å². The third-order valence-electron chi connectivity index (χ3n) is 1.90. The molecule has 2 rings (SSSR count). The van der Waals surface area contributed by atoms with Crippen molar-refractivity contribution in [2.75, 3.05) is 0 Å². The lowest BCUT2D eigenvalue weighted by molar-refractivity contribution is 1.28. The highest BCUT2D eigenvalue weighted by Gasteiger charge is 2.03. The standard InChI is InChI=1S/C11H7BrClN/c12-11-6-10(13)9(7-14-11)8-4-2-1-3-5-8/h1-7H. The van der Waals surface area contributed by atoms with Crippen LogP contribution in [-0.4, -0.2) is 4.98 Å². The number of pyridine rings is 1. The van der Waals surface area contributed by atoms with Gasteiger partial charge in [-0.3, -0.25) is 0 Å². The van der Waals surface area contributed by atoms with Crippen molar-refractivity contribution in [3.63, 3.8) is 0 Å². The number of halogens is 2. The largest absolute Gasteiger partial charge is 0.249 e. The maximum Gasteiger partial charge on any atom is 0.107 e. The predicted molar refractivity (Wildman–Crippen MR) is 62.4 cm³/mol. The summed E-state index contributed by atoms with van der Waals surface area (Å²) < 4.78 is 0.752. The second-order valence-electron chi connectivity index (χ2n) is 2.85. The highest BCUT2D eigenvalue weighted by Crippen LogP contribution is 2.28. The van der Waals surface area contributed by atoms with Crippen molar-refractivity contribution in [2.24, 2.45) is 0 Å². The molecular weight excluding hydrogens is 261 g/mol. The first-order valence-corrected chi connectivity index (χ1v) is 5.31. The quantitative estimate of drug-likeness (QED) is 0.708. The molecule has 0 amide bonds. The van der Waals surface area contributed by atoms with Crippen LogP contribution in [0.4, 0.5) is 0 Å². The number of hydrogen-bond acceptors (Lipinski definition) is 1. The summed E-state index contributed by atoms with van der Waals surface area (Å²) in [6.45, 7) is 0.